The predicted molar refractivity (Wildman–Crippen MR) is 72.3 cm³/mol. The monoisotopic (exact) mass is 263 g/mol. The second-order valence-electron chi connectivity index (χ2n) is 5.02. The van der Waals surface area contributed by atoms with Gasteiger partial charge in [0.2, 0.25) is 5.06 Å². The molecule has 1 heterocycles. The van der Waals surface area contributed by atoms with E-state index in [4.69, 9.17) is 0 Å². The Balaban J connectivity index is 1.85. The molecular formula is C14H17NO2S. The van der Waals surface area contributed by atoms with Gasteiger partial charge in [-0.05, 0) is 18.9 Å². The fourth-order valence-electron chi connectivity index (χ4n) is 2.78. The van der Waals surface area contributed by atoms with Gasteiger partial charge in [0.15, 0.2) is 0 Å². The molecule has 0 unspecified atom stereocenters. The SMILES string of the molecule is O=C1N[C@@](O)(SC2CCCCC2)c2ccccc21. The Morgan fingerprint density at radius 3 is 2.72 bits per heavy atom. The van der Waals surface area contributed by atoms with Crippen molar-refractivity contribution >= 4 is 17.7 Å². The quantitative estimate of drug-likeness (QED) is 0.806. The molecule has 1 aromatic rings. The van der Waals surface area contributed by atoms with Gasteiger partial charge in [-0.1, -0.05) is 49.2 Å². The van der Waals surface area contributed by atoms with E-state index in [-0.39, 0.29) is 5.91 Å². The van der Waals surface area contributed by atoms with E-state index in [1.54, 1.807) is 6.07 Å². The Kier molecular flexibility index (Phi) is 3.08. The van der Waals surface area contributed by atoms with E-state index >= 15 is 0 Å². The second kappa shape index (κ2) is 4.59. The topological polar surface area (TPSA) is 49.3 Å². The van der Waals surface area contributed by atoms with Crippen LogP contribution in [0.3, 0.4) is 0 Å². The van der Waals surface area contributed by atoms with Gasteiger partial charge in [-0.25, -0.2) is 0 Å². The van der Waals surface area contributed by atoms with Crippen molar-refractivity contribution in [2.75, 3.05) is 0 Å². The zero-order valence-electron chi connectivity index (χ0n) is 10.2. The second-order valence-corrected chi connectivity index (χ2v) is 6.51. The molecule has 1 aliphatic carbocycles. The van der Waals surface area contributed by atoms with Crippen LogP contribution in [0.5, 0.6) is 0 Å². The third-order valence-electron chi connectivity index (χ3n) is 3.71. The van der Waals surface area contributed by atoms with Crippen molar-refractivity contribution < 1.29 is 9.90 Å². The van der Waals surface area contributed by atoms with Crippen LogP contribution in [-0.2, 0) is 5.06 Å². The number of nitrogens with one attached hydrogen (secondary N) is 1. The van der Waals surface area contributed by atoms with Crippen molar-refractivity contribution in [3.05, 3.63) is 35.4 Å². The molecule has 1 atom stereocenters. The molecule has 3 nitrogen and oxygen atoms in total. The maximum Gasteiger partial charge on any atom is 0.254 e. The summed E-state index contributed by atoms with van der Waals surface area (Å²) in [6, 6.07) is 7.30. The van der Waals surface area contributed by atoms with Gasteiger partial charge in [0.05, 0.1) is 0 Å². The van der Waals surface area contributed by atoms with Crippen LogP contribution in [0.2, 0.25) is 0 Å². The molecule has 96 valence electrons. The number of carbonyl (C=O) groups is 1. The molecule has 1 amide bonds. The summed E-state index contributed by atoms with van der Waals surface area (Å²) < 4.78 is 0. The first kappa shape index (κ1) is 12.1. The molecule has 4 heteroatoms. The Morgan fingerprint density at radius 1 is 1.22 bits per heavy atom. The zero-order chi connectivity index (χ0) is 12.6. The van der Waals surface area contributed by atoms with Crippen molar-refractivity contribution in [3.8, 4) is 0 Å². The first-order chi connectivity index (χ1) is 8.69. The molecule has 0 radical (unpaired) electrons. The summed E-state index contributed by atoms with van der Waals surface area (Å²) in [6.07, 6.45) is 6.00. The standard InChI is InChI=1S/C14H17NO2S/c16-13-11-8-4-5-9-12(11)14(17,15-13)18-10-6-2-1-3-7-10/h4-5,8-10,17H,1-3,6-7H2,(H,15,16)/t14-/m0/s1. The lowest BCUT2D eigenvalue weighted by molar-refractivity contribution is 0.0755. The molecule has 18 heavy (non-hydrogen) atoms. The van der Waals surface area contributed by atoms with Crippen LogP contribution in [-0.4, -0.2) is 16.3 Å². The Bertz CT molecular complexity index is 471. The summed E-state index contributed by atoms with van der Waals surface area (Å²) in [7, 11) is 0. The molecule has 0 bridgehead atoms. The van der Waals surface area contributed by atoms with Gasteiger partial charge in [-0.2, -0.15) is 0 Å². The van der Waals surface area contributed by atoms with Crippen molar-refractivity contribution in [2.45, 2.75) is 42.4 Å². The minimum atomic E-state index is -1.23. The predicted octanol–water partition coefficient (Wildman–Crippen LogP) is 2.60. The molecule has 0 saturated heterocycles. The number of rotatable bonds is 2. The lowest BCUT2D eigenvalue weighted by Gasteiger charge is -2.30. The number of aliphatic hydroxyl groups is 1. The lowest BCUT2D eigenvalue weighted by atomic mass is 10.0. The highest BCUT2D eigenvalue weighted by Gasteiger charge is 2.43. The van der Waals surface area contributed by atoms with E-state index < -0.39 is 5.06 Å². The highest BCUT2D eigenvalue weighted by Crippen LogP contribution is 2.43. The molecule has 3 rings (SSSR count). The van der Waals surface area contributed by atoms with Gasteiger partial charge in [-0.15, -0.1) is 0 Å². The number of fused-ring (bicyclic) bond motifs is 1. The summed E-state index contributed by atoms with van der Waals surface area (Å²) >= 11 is 1.50. The smallest absolute Gasteiger partial charge is 0.254 e. The van der Waals surface area contributed by atoms with E-state index in [1.807, 2.05) is 18.2 Å². The average Bonchev–Trinajstić information content (AvgIpc) is 2.63. The van der Waals surface area contributed by atoms with Crippen LogP contribution in [0.15, 0.2) is 24.3 Å². The number of benzene rings is 1. The number of amides is 1. The summed E-state index contributed by atoms with van der Waals surface area (Å²) in [4.78, 5) is 11.8. The largest absolute Gasteiger partial charge is 0.359 e. The van der Waals surface area contributed by atoms with Crippen LogP contribution in [0.25, 0.3) is 0 Å². The van der Waals surface area contributed by atoms with E-state index in [2.05, 4.69) is 5.32 Å². The minimum Gasteiger partial charge on any atom is -0.359 e. The highest BCUT2D eigenvalue weighted by molar-refractivity contribution is 8.00. The van der Waals surface area contributed by atoms with Crippen molar-refractivity contribution in [3.63, 3.8) is 0 Å². The lowest BCUT2D eigenvalue weighted by Crippen LogP contribution is -2.38. The maximum absolute atomic E-state index is 11.8. The van der Waals surface area contributed by atoms with Crippen molar-refractivity contribution in [1.29, 1.82) is 0 Å². The van der Waals surface area contributed by atoms with Gasteiger partial charge >= 0.3 is 0 Å². The van der Waals surface area contributed by atoms with E-state index in [0.717, 1.165) is 12.8 Å². The molecule has 1 saturated carbocycles. The Labute approximate surface area is 111 Å². The normalized spacial score (nSPS) is 27.9. The molecule has 1 aliphatic heterocycles. The number of thioether (sulfide) groups is 1. The summed E-state index contributed by atoms with van der Waals surface area (Å²) in [5, 5.41) is 12.6. The van der Waals surface area contributed by atoms with E-state index in [0.29, 0.717) is 16.4 Å². The Morgan fingerprint density at radius 2 is 1.94 bits per heavy atom. The number of carbonyl (C=O) groups excluding carboxylic acids is 1. The zero-order valence-corrected chi connectivity index (χ0v) is 11.0. The maximum atomic E-state index is 11.8. The van der Waals surface area contributed by atoms with Gasteiger partial charge < -0.3 is 10.4 Å². The van der Waals surface area contributed by atoms with Gasteiger partial charge in [0.1, 0.15) is 0 Å². The number of hydrogen-bond acceptors (Lipinski definition) is 3. The van der Waals surface area contributed by atoms with Gasteiger partial charge in [0, 0.05) is 16.4 Å². The van der Waals surface area contributed by atoms with Crippen LogP contribution in [0.4, 0.5) is 0 Å². The molecule has 0 spiro atoms. The molecule has 2 aliphatic rings. The van der Waals surface area contributed by atoms with Crippen LogP contribution in [0, 0.1) is 0 Å². The molecule has 1 fully saturated rings. The molecule has 2 N–H and O–H groups in total. The Hall–Kier alpha value is -1.00. The molecule has 1 aromatic carbocycles. The van der Waals surface area contributed by atoms with Crippen molar-refractivity contribution in [2.24, 2.45) is 0 Å². The van der Waals surface area contributed by atoms with Crippen LogP contribution in [0.1, 0.15) is 48.0 Å². The minimum absolute atomic E-state index is 0.170. The summed E-state index contributed by atoms with van der Waals surface area (Å²) in [6.45, 7) is 0. The summed E-state index contributed by atoms with van der Waals surface area (Å²) in [5.41, 5.74) is 1.31. The highest BCUT2D eigenvalue weighted by atomic mass is 32.2. The van der Waals surface area contributed by atoms with Crippen LogP contribution < -0.4 is 5.32 Å². The molecular weight excluding hydrogens is 246 g/mol. The summed E-state index contributed by atoms with van der Waals surface area (Å²) in [5.74, 6) is -0.170. The van der Waals surface area contributed by atoms with E-state index in [9.17, 15) is 9.90 Å². The number of hydrogen-bond donors (Lipinski definition) is 2. The van der Waals surface area contributed by atoms with E-state index in [1.165, 1.54) is 31.0 Å². The average molecular weight is 263 g/mol. The van der Waals surface area contributed by atoms with Gasteiger partial charge in [0.25, 0.3) is 5.91 Å². The third-order valence-corrected chi connectivity index (χ3v) is 5.18. The first-order valence-corrected chi connectivity index (χ1v) is 7.39. The third kappa shape index (κ3) is 2.04. The molecule has 0 aromatic heterocycles. The van der Waals surface area contributed by atoms with Crippen molar-refractivity contribution in [1.82, 2.24) is 5.32 Å². The first-order valence-electron chi connectivity index (χ1n) is 6.51. The fourth-order valence-corrected chi connectivity index (χ4v) is 4.29. The van der Waals surface area contributed by atoms with Gasteiger partial charge in [-0.3, -0.25) is 4.79 Å². The fraction of sp³-hybridized carbons (Fsp3) is 0.500. The van der Waals surface area contributed by atoms with Crippen LogP contribution >= 0.6 is 11.8 Å².